The third-order valence-electron chi connectivity index (χ3n) is 3.48. The van der Waals surface area contributed by atoms with Crippen LogP contribution < -0.4 is 5.32 Å². The standard InChI is InChI=1S/C15H17NO6/c17-13(12-2-1-7-22-12)16-11(15(20)21)8-9-3-5-10(6-4-9)14(18)19/h3-6,11-12H,1-2,7-8H2,(H,16,17)(H,18,19)(H,20,21)/t11-,12+/m1/s1. The van der Waals surface area contributed by atoms with Crippen molar-refractivity contribution in [2.45, 2.75) is 31.4 Å². The van der Waals surface area contributed by atoms with Crippen LogP contribution in [0, 0.1) is 0 Å². The molecule has 0 bridgehead atoms. The van der Waals surface area contributed by atoms with Gasteiger partial charge in [0, 0.05) is 13.0 Å². The van der Waals surface area contributed by atoms with Gasteiger partial charge < -0.3 is 20.3 Å². The molecule has 0 spiro atoms. The molecule has 3 N–H and O–H groups in total. The summed E-state index contributed by atoms with van der Waals surface area (Å²) in [5.74, 6) is -2.62. The fraction of sp³-hybridized carbons (Fsp3) is 0.400. The number of carboxylic acid groups (broad SMARTS) is 2. The Bertz CT molecular complexity index is 562. The summed E-state index contributed by atoms with van der Waals surface area (Å²) in [5, 5.41) is 20.5. The molecule has 0 saturated carbocycles. The Balaban J connectivity index is 2.00. The highest BCUT2D eigenvalue weighted by Crippen LogP contribution is 2.13. The highest BCUT2D eigenvalue weighted by molar-refractivity contribution is 5.88. The molecule has 1 saturated heterocycles. The van der Waals surface area contributed by atoms with E-state index in [0.717, 1.165) is 6.42 Å². The number of carbonyl (C=O) groups is 3. The van der Waals surface area contributed by atoms with Gasteiger partial charge in [0.2, 0.25) is 5.91 Å². The van der Waals surface area contributed by atoms with Crippen molar-refractivity contribution in [2.24, 2.45) is 0 Å². The lowest BCUT2D eigenvalue weighted by Crippen LogP contribution is -2.46. The van der Waals surface area contributed by atoms with Crippen LogP contribution in [0.3, 0.4) is 0 Å². The molecule has 1 aromatic rings. The molecule has 2 rings (SSSR count). The van der Waals surface area contributed by atoms with Gasteiger partial charge in [-0.15, -0.1) is 0 Å². The van der Waals surface area contributed by atoms with E-state index in [1.54, 1.807) is 0 Å². The van der Waals surface area contributed by atoms with Crippen molar-refractivity contribution >= 4 is 17.8 Å². The molecule has 1 amide bonds. The minimum absolute atomic E-state index is 0.0771. The van der Waals surface area contributed by atoms with E-state index in [2.05, 4.69) is 5.32 Å². The summed E-state index contributed by atoms with van der Waals surface area (Å²) in [5.41, 5.74) is 0.754. The minimum atomic E-state index is -1.14. The van der Waals surface area contributed by atoms with Gasteiger partial charge in [-0.25, -0.2) is 9.59 Å². The second-order valence-electron chi connectivity index (χ2n) is 5.11. The zero-order valence-electron chi connectivity index (χ0n) is 11.8. The van der Waals surface area contributed by atoms with E-state index in [1.165, 1.54) is 24.3 Å². The van der Waals surface area contributed by atoms with Crippen molar-refractivity contribution in [3.63, 3.8) is 0 Å². The molecule has 0 radical (unpaired) electrons. The maximum atomic E-state index is 11.9. The van der Waals surface area contributed by atoms with E-state index in [0.29, 0.717) is 18.6 Å². The van der Waals surface area contributed by atoms with Crippen LogP contribution in [0.5, 0.6) is 0 Å². The van der Waals surface area contributed by atoms with Crippen LogP contribution in [-0.2, 0) is 20.7 Å². The van der Waals surface area contributed by atoms with E-state index < -0.39 is 30.0 Å². The van der Waals surface area contributed by atoms with Crippen molar-refractivity contribution in [3.05, 3.63) is 35.4 Å². The van der Waals surface area contributed by atoms with Crippen LogP contribution >= 0.6 is 0 Å². The molecule has 1 fully saturated rings. The number of benzene rings is 1. The Labute approximate surface area is 126 Å². The van der Waals surface area contributed by atoms with Crippen molar-refractivity contribution in [1.82, 2.24) is 5.32 Å². The third kappa shape index (κ3) is 4.05. The molecule has 1 heterocycles. The molecule has 0 unspecified atom stereocenters. The SMILES string of the molecule is O=C(O)c1ccc(C[C@@H](NC(=O)[C@@H]2CCCO2)C(=O)O)cc1. The summed E-state index contributed by atoms with van der Waals surface area (Å²) in [6.45, 7) is 0.506. The monoisotopic (exact) mass is 307 g/mol. The van der Waals surface area contributed by atoms with E-state index in [-0.39, 0.29) is 12.0 Å². The molecule has 1 aliphatic heterocycles. The summed E-state index contributed by atoms with van der Waals surface area (Å²) >= 11 is 0. The average Bonchev–Trinajstić information content (AvgIpc) is 3.01. The number of aromatic carboxylic acids is 1. The molecule has 1 aromatic carbocycles. The van der Waals surface area contributed by atoms with Crippen LogP contribution in [0.1, 0.15) is 28.8 Å². The molecule has 7 heteroatoms. The van der Waals surface area contributed by atoms with Crippen molar-refractivity contribution in [3.8, 4) is 0 Å². The maximum absolute atomic E-state index is 11.9. The highest BCUT2D eigenvalue weighted by atomic mass is 16.5. The van der Waals surface area contributed by atoms with Gasteiger partial charge in [0.05, 0.1) is 5.56 Å². The summed E-state index contributed by atoms with van der Waals surface area (Å²) < 4.78 is 5.22. The number of aliphatic carboxylic acids is 1. The third-order valence-corrected chi connectivity index (χ3v) is 3.48. The number of amides is 1. The number of rotatable bonds is 6. The van der Waals surface area contributed by atoms with E-state index in [1.807, 2.05) is 0 Å². The van der Waals surface area contributed by atoms with Gasteiger partial charge in [0.1, 0.15) is 12.1 Å². The fourth-order valence-electron chi connectivity index (χ4n) is 2.27. The van der Waals surface area contributed by atoms with E-state index in [4.69, 9.17) is 9.84 Å². The molecular weight excluding hydrogens is 290 g/mol. The summed E-state index contributed by atoms with van der Waals surface area (Å²) in [6, 6.07) is 4.80. The van der Waals surface area contributed by atoms with Crippen LogP contribution in [0.2, 0.25) is 0 Å². The van der Waals surface area contributed by atoms with Crippen LogP contribution in [0.25, 0.3) is 0 Å². The van der Waals surface area contributed by atoms with Crippen molar-refractivity contribution < 1.29 is 29.3 Å². The quantitative estimate of drug-likeness (QED) is 0.712. The number of ether oxygens (including phenoxy) is 1. The topological polar surface area (TPSA) is 113 Å². The van der Waals surface area contributed by atoms with Crippen molar-refractivity contribution in [1.29, 1.82) is 0 Å². The first-order valence-electron chi connectivity index (χ1n) is 6.94. The van der Waals surface area contributed by atoms with Crippen LogP contribution in [0.15, 0.2) is 24.3 Å². The van der Waals surface area contributed by atoms with Crippen LogP contribution in [-0.4, -0.2) is 46.8 Å². The second kappa shape index (κ2) is 7.04. The second-order valence-corrected chi connectivity index (χ2v) is 5.11. The number of hydrogen-bond acceptors (Lipinski definition) is 4. The van der Waals surface area contributed by atoms with E-state index in [9.17, 15) is 19.5 Å². The molecule has 118 valence electrons. The lowest BCUT2D eigenvalue weighted by atomic mass is 10.0. The molecule has 7 nitrogen and oxygen atoms in total. The summed E-state index contributed by atoms with van der Waals surface area (Å²) in [6.07, 6.45) is 0.863. The van der Waals surface area contributed by atoms with Gasteiger partial charge in [-0.05, 0) is 30.5 Å². The first-order valence-corrected chi connectivity index (χ1v) is 6.94. The molecule has 1 aliphatic rings. The molecule has 22 heavy (non-hydrogen) atoms. The largest absolute Gasteiger partial charge is 0.480 e. The number of carboxylic acids is 2. The average molecular weight is 307 g/mol. The molecular formula is C15H17NO6. The zero-order chi connectivity index (χ0) is 16.1. The number of carbonyl (C=O) groups excluding carboxylic acids is 1. The first kappa shape index (κ1) is 16.0. The Hall–Kier alpha value is -2.41. The first-order chi connectivity index (χ1) is 10.5. The van der Waals surface area contributed by atoms with Gasteiger partial charge in [-0.1, -0.05) is 12.1 Å². The Kier molecular flexibility index (Phi) is 5.11. The lowest BCUT2D eigenvalue weighted by Gasteiger charge is -2.17. The summed E-state index contributed by atoms with van der Waals surface area (Å²) in [4.78, 5) is 34.0. The molecule has 0 aliphatic carbocycles. The van der Waals surface area contributed by atoms with Gasteiger partial charge in [0.25, 0.3) is 0 Å². The maximum Gasteiger partial charge on any atom is 0.335 e. The van der Waals surface area contributed by atoms with Crippen LogP contribution in [0.4, 0.5) is 0 Å². The minimum Gasteiger partial charge on any atom is -0.480 e. The Morgan fingerprint density at radius 1 is 1.23 bits per heavy atom. The normalized spacial score (nSPS) is 18.6. The zero-order valence-corrected chi connectivity index (χ0v) is 11.8. The van der Waals surface area contributed by atoms with E-state index >= 15 is 0 Å². The summed E-state index contributed by atoms with van der Waals surface area (Å²) in [7, 11) is 0. The Morgan fingerprint density at radius 2 is 1.91 bits per heavy atom. The molecule has 2 atom stereocenters. The highest BCUT2D eigenvalue weighted by Gasteiger charge is 2.28. The van der Waals surface area contributed by atoms with Gasteiger partial charge in [-0.2, -0.15) is 0 Å². The van der Waals surface area contributed by atoms with Gasteiger partial charge >= 0.3 is 11.9 Å². The lowest BCUT2D eigenvalue weighted by molar-refractivity contribution is -0.143. The van der Waals surface area contributed by atoms with Gasteiger partial charge in [0.15, 0.2) is 0 Å². The van der Waals surface area contributed by atoms with Crippen molar-refractivity contribution in [2.75, 3.05) is 6.61 Å². The van der Waals surface area contributed by atoms with Gasteiger partial charge in [-0.3, -0.25) is 4.79 Å². The smallest absolute Gasteiger partial charge is 0.335 e. The predicted molar refractivity (Wildman–Crippen MR) is 75.6 cm³/mol. The number of nitrogens with one attached hydrogen (secondary N) is 1. The fourth-order valence-corrected chi connectivity index (χ4v) is 2.27. The molecule has 0 aromatic heterocycles. The Morgan fingerprint density at radius 3 is 2.41 bits per heavy atom. The predicted octanol–water partition coefficient (Wildman–Crippen LogP) is 0.676. The number of hydrogen-bond donors (Lipinski definition) is 3.